The van der Waals surface area contributed by atoms with Crippen molar-refractivity contribution in [2.45, 2.75) is 59.2 Å². The number of hydrogen-bond donors (Lipinski definition) is 2. The van der Waals surface area contributed by atoms with Crippen LogP contribution in [-0.4, -0.2) is 33.4 Å². The molecule has 2 N–H and O–H groups in total. The fourth-order valence-corrected chi connectivity index (χ4v) is 2.05. The summed E-state index contributed by atoms with van der Waals surface area (Å²) in [6, 6.07) is 0. The monoisotopic (exact) mass is 314 g/mol. The first-order valence-electron chi connectivity index (χ1n) is 7.10. The molecule has 0 saturated carbocycles. The van der Waals surface area contributed by atoms with Crippen LogP contribution in [0.25, 0.3) is 0 Å². The Balaban J connectivity index is 2.53. The highest BCUT2D eigenvalue weighted by atomic mass is 32.1. The molecule has 120 valence electrons. The molecule has 1 atom stereocenters. The van der Waals surface area contributed by atoms with E-state index in [-0.39, 0.29) is 5.54 Å². The van der Waals surface area contributed by atoms with E-state index in [1.807, 2.05) is 26.2 Å². The van der Waals surface area contributed by atoms with Gasteiger partial charge >= 0.3 is 6.09 Å². The third kappa shape index (κ3) is 6.39. The molecule has 0 aliphatic rings. The molecule has 0 aromatic carbocycles. The molecule has 1 heterocycles. The van der Waals surface area contributed by atoms with Gasteiger partial charge in [-0.2, -0.15) is 0 Å². The van der Waals surface area contributed by atoms with E-state index in [1.54, 1.807) is 0 Å². The van der Waals surface area contributed by atoms with Crippen LogP contribution in [0.3, 0.4) is 0 Å². The van der Waals surface area contributed by atoms with Crippen LogP contribution in [0, 0.1) is 5.92 Å². The molecule has 1 aromatic heterocycles. The molecule has 1 unspecified atom stereocenters. The molecule has 1 rings (SSSR count). The molecule has 1 aromatic rings. The van der Waals surface area contributed by atoms with Gasteiger partial charge in [-0.15, -0.1) is 5.10 Å². The van der Waals surface area contributed by atoms with Crippen LogP contribution in [0.4, 0.5) is 4.79 Å². The highest BCUT2D eigenvalue weighted by molar-refractivity contribution is 7.03. The highest BCUT2D eigenvalue weighted by Crippen LogP contribution is 2.17. The van der Waals surface area contributed by atoms with Gasteiger partial charge in [-0.05, 0) is 45.1 Å². The molecule has 0 spiro atoms. The van der Waals surface area contributed by atoms with Crippen molar-refractivity contribution in [3.05, 3.63) is 11.1 Å². The zero-order valence-corrected chi connectivity index (χ0v) is 14.5. The molecular formula is C14H26N4O2S. The van der Waals surface area contributed by atoms with Crippen LogP contribution in [-0.2, 0) is 11.3 Å². The molecule has 7 heteroatoms. The molecule has 21 heavy (non-hydrogen) atoms. The molecule has 0 saturated heterocycles. The second-order valence-electron chi connectivity index (χ2n) is 6.68. The van der Waals surface area contributed by atoms with Crippen LogP contribution in [0.15, 0.2) is 5.38 Å². The van der Waals surface area contributed by atoms with Crippen molar-refractivity contribution >= 4 is 17.6 Å². The van der Waals surface area contributed by atoms with Crippen molar-refractivity contribution in [2.75, 3.05) is 6.54 Å². The summed E-state index contributed by atoms with van der Waals surface area (Å²) < 4.78 is 9.11. The zero-order chi connectivity index (χ0) is 16.1. The molecule has 0 aliphatic heterocycles. The number of amides is 1. The summed E-state index contributed by atoms with van der Waals surface area (Å²) in [7, 11) is 0. The van der Waals surface area contributed by atoms with Gasteiger partial charge in [0.25, 0.3) is 0 Å². The van der Waals surface area contributed by atoms with Crippen LogP contribution >= 0.6 is 11.5 Å². The third-order valence-corrected chi connectivity index (χ3v) is 3.91. The fraction of sp³-hybridized carbons (Fsp3) is 0.786. The molecular weight excluding hydrogens is 288 g/mol. The Bertz CT molecular complexity index is 442. The molecule has 0 fully saturated rings. The molecule has 0 radical (unpaired) electrons. The Morgan fingerprint density at radius 3 is 2.52 bits per heavy atom. The van der Waals surface area contributed by atoms with E-state index in [1.165, 1.54) is 11.5 Å². The minimum absolute atomic E-state index is 0.249. The fourth-order valence-electron chi connectivity index (χ4n) is 1.59. The van der Waals surface area contributed by atoms with Crippen molar-refractivity contribution in [2.24, 2.45) is 5.92 Å². The van der Waals surface area contributed by atoms with E-state index < -0.39 is 11.7 Å². The normalized spacial score (nSPS) is 14.8. The summed E-state index contributed by atoms with van der Waals surface area (Å²) in [5, 5.41) is 12.2. The summed E-state index contributed by atoms with van der Waals surface area (Å²) in [5.74, 6) is 0.332. The Kier molecular flexibility index (Phi) is 6.10. The maximum atomic E-state index is 11.8. The minimum atomic E-state index is -0.488. The van der Waals surface area contributed by atoms with Crippen molar-refractivity contribution in [1.82, 2.24) is 20.2 Å². The quantitative estimate of drug-likeness (QED) is 0.844. The van der Waals surface area contributed by atoms with Gasteiger partial charge in [-0.3, -0.25) is 0 Å². The lowest BCUT2D eigenvalue weighted by Gasteiger charge is -2.35. The van der Waals surface area contributed by atoms with E-state index >= 15 is 0 Å². The van der Waals surface area contributed by atoms with Gasteiger partial charge in [0.1, 0.15) is 5.60 Å². The number of nitrogens with zero attached hydrogens (tertiary/aromatic N) is 2. The third-order valence-electron chi connectivity index (χ3n) is 3.35. The van der Waals surface area contributed by atoms with Gasteiger partial charge in [0.2, 0.25) is 0 Å². The summed E-state index contributed by atoms with van der Waals surface area (Å²) in [4.78, 5) is 11.8. The molecule has 0 bridgehead atoms. The Labute approximate surface area is 130 Å². The maximum absolute atomic E-state index is 11.8. The number of aromatic nitrogens is 2. The summed E-state index contributed by atoms with van der Waals surface area (Å²) in [6.07, 6.45) is -0.397. The first kappa shape index (κ1) is 17.8. The Morgan fingerprint density at radius 1 is 1.38 bits per heavy atom. The summed E-state index contributed by atoms with van der Waals surface area (Å²) >= 11 is 1.33. The number of nitrogens with one attached hydrogen (secondary N) is 2. The Hall–Kier alpha value is -1.21. The average molecular weight is 314 g/mol. The maximum Gasteiger partial charge on any atom is 0.407 e. The van der Waals surface area contributed by atoms with Gasteiger partial charge in [0, 0.05) is 24.0 Å². The number of rotatable bonds is 6. The summed E-state index contributed by atoms with van der Waals surface area (Å²) in [6.45, 7) is 13.0. The number of hydrogen-bond acceptors (Lipinski definition) is 6. The van der Waals surface area contributed by atoms with Gasteiger partial charge in [0.15, 0.2) is 0 Å². The zero-order valence-electron chi connectivity index (χ0n) is 13.7. The average Bonchev–Trinajstić information content (AvgIpc) is 2.84. The van der Waals surface area contributed by atoms with Crippen molar-refractivity contribution in [1.29, 1.82) is 0 Å². The predicted octanol–water partition coefficient (Wildman–Crippen LogP) is 2.57. The van der Waals surface area contributed by atoms with E-state index in [9.17, 15) is 4.79 Å². The van der Waals surface area contributed by atoms with Gasteiger partial charge in [-0.25, -0.2) is 4.79 Å². The lowest BCUT2D eigenvalue weighted by atomic mass is 9.88. The Morgan fingerprint density at radius 2 is 2.05 bits per heavy atom. The summed E-state index contributed by atoms with van der Waals surface area (Å²) in [5.41, 5.74) is 0.169. The molecule has 0 aliphatic carbocycles. The van der Waals surface area contributed by atoms with Crippen LogP contribution in [0.2, 0.25) is 0 Å². The second-order valence-corrected chi connectivity index (χ2v) is 7.29. The largest absolute Gasteiger partial charge is 0.444 e. The minimum Gasteiger partial charge on any atom is -0.444 e. The molecule has 6 nitrogen and oxygen atoms in total. The second kappa shape index (κ2) is 7.17. The smallest absolute Gasteiger partial charge is 0.407 e. The van der Waals surface area contributed by atoms with Crippen molar-refractivity contribution in [3.63, 3.8) is 0 Å². The van der Waals surface area contributed by atoms with E-state index in [4.69, 9.17) is 4.74 Å². The van der Waals surface area contributed by atoms with E-state index in [0.29, 0.717) is 19.0 Å². The number of alkyl carbamates (subject to hydrolysis) is 1. The van der Waals surface area contributed by atoms with E-state index in [2.05, 4.69) is 41.0 Å². The lowest BCUT2D eigenvalue weighted by molar-refractivity contribution is 0.0503. The van der Waals surface area contributed by atoms with E-state index in [0.717, 1.165) is 5.69 Å². The first-order valence-corrected chi connectivity index (χ1v) is 7.94. The standard InChI is InChI=1S/C14H26N4O2S/c1-10(2)14(6,16-7-11-8-21-18-17-11)9-15-12(19)20-13(3,4)5/h8,10,16H,7,9H2,1-6H3,(H,15,19). The predicted molar refractivity (Wildman–Crippen MR) is 84.2 cm³/mol. The number of ether oxygens (including phenoxy) is 1. The van der Waals surface area contributed by atoms with Crippen molar-refractivity contribution < 1.29 is 9.53 Å². The van der Waals surface area contributed by atoms with Crippen LogP contribution in [0.1, 0.15) is 47.2 Å². The van der Waals surface area contributed by atoms with Crippen LogP contribution in [0.5, 0.6) is 0 Å². The van der Waals surface area contributed by atoms with Gasteiger partial charge in [-0.1, -0.05) is 18.3 Å². The SMILES string of the molecule is CC(C)C(C)(CNC(=O)OC(C)(C)C)NCc1csnn1. The van der Waals surface area contributed by atoms with Crippen LogP contribution < -0.4 is 10.6 Å². The van der Waals surface area contributed by atoms with Crippen molar-refractivity contribution in [3.8, 4) is 0 Å². The van der Waals surface area contributed by atoms with Gasteiger partial charge < -0.3 is 15.4 Å². The number of carbonyl (C=O) groups excluding carboxylic acids is 1. The molecule has 1 amide bonds. The topological polar surface area (TPSA) is 76.1 Å². The highest BCUT2D eigenvalue weighted by Gasteiger charge is 2.29. The first-order chi connectivity index (χ1) is 9.62. The number of carbonyl (C=O) groups is 1. The lowest BCUT2D eigenvalue weighted by Crippen LogP contribution is -2.55. The van der Waals surface area contributed by atoms with Gasteiger partial charge in [0.05, 0.1) is 5.69 Å².